The van der Waals surface area contributed by atoms with Crippen molar-refractivity contribution in [3.63, 3.8) is 0 Å². The van der Waals surface area contributed by atoms with Gasteiger partial charge in [0, 0.05) is 15.6 Å². The van der Waals surface area contributed by atoms with Gasteiger partial charge in [-0.1, -0.05) is 45.8 Å². The molecule has 6 nitrogen and oxygen atoms in total. The van der Waals surface area contributed by atoms with Gasteiger partial charge in [0.1, 0.15) is 0 Å². The summed E-state index contributed by atoms with van der Waals surface area (Å²) in [6.07, 6.45) is -0.376. The number of aryl methyl sites for hydroxylation is 1. The summed E-state index contributed by atoms with van der Waals surface area (Å²) >= 11 is 3.42. The number of hydrogen-bond donors (Lipinski definition) is 1. The Kier molecular flexibility index (Phi) is 5.03. The monoisotopic (exact) mass is 493 g/mol. The van der Waals surface area contributed by atoms with Crippen LogP contribution in [0, 0.1) is 6.92 Å². The second-order valence-electron chi connectivity index (χ2n) is 8.07. The molecule has 5 rings (SSSR count). The predicted molar refractivity (Wildman–Crippen MR) is 122 cm³/mol. The molecule has 162 valence electrons. The lowest BCUT2D eigenvalue weighted by atomic mass is 9.88. The normalized spacial score (nSPS) is 18.7. The fraction of sp³-hybridized carbons (Fsp3) is 0.200. The molecule has 0 radical (unpaired) electrons. The third kappa shape index (κ3) is 3.47. The summed E-state index contributed by atoms with van der Waals surface area (Å²) in [7, 11) is 0. The van der Waals surface area contributed by atoms with E-state index in [1.165, 1.54) is 0 Å². The molecule has 0 saturated heterocycles. The van der Waals surface area contributed by atoms with Crippen molar-refractivity contribution in [3.8, 4) is 11.5 Å². The number of halogens is 1. The molecular formula is C25H20BrNO5. The molecule has 7 heteroatoms. The van der Waals surface area contributed by atoms with E-state index in [0.717, 1.165) is 15.6 Å². The van der Waals surface area contributed by atoms with Crippen LogP contribution < -0.4 is 14.4 Å². The zero-order valence-corrected chi connectivity index (χ0v) is 18.9. The Hall–Kier alpha value is -3.16. The maximum atomic E-state index is 13.5. The van der Waals surface area contributed by atoms with Gasteiger partial charge in [-0.05, 0) is 48.9 Å². The van der Waals surface area contributed by atoms with E-state index in [-0.39, 0.29) is 19.0 Å². The van der Waals surface area contributed by atoms with Gasteiger partial charge in [-0.25, -0.2) is 0 Å². The molecule has 1 atom stereocenters. The minimum Gasteiger partial charge on any atom is -0.454 e. The highest BCUT2D eigenvalue weighted by atomic mass is 79.9. The maximum Gasteiger partial charge on any atom is 0.264 e. The zero-order chi connectivity index (χ0) is 22.5. The van der Waals surface area contributed by atoms with Gasteiger partial charge in [0.05, 0.1) is 18.7 Å². The van der Waals surface area contributed by atoms with Crippen molar-refractivity contribution in [1.29, 1.82) is 0 Å². The van der Waals surface area contributed by atoms with Gasteiger partial charge < -0.3 is 19.5 Å². The molecule has 0 bridgehead atoms. The van der Waals surface area contributed by atoms with Gasteiger partial charge in [-0.3, -0.25) is 9.59 Å². The smallest absolute Gasteiger partial charge is 0.264 e. The first kappa shape index (κ1) is 20.7. The van der Waals surface area contributed by atoms with Crippen molar-refractivity contribution in [2.75, 3.05) is 11.7 Å². The van der Waals surface area contributed by atoms with Crippen LogP contribution in [0.4, 0.5) is 5.69 Å². The van der Waals surface area contributed by atoms with Crippen LogP contribution in [0.1, 0.15) is 33.5 Å². The SMILES string of the molecule is Cc1ccc(CN2C(=O)C(O)(CC(=O)c3ccc4c(c3)OCO4)c3cc(Br)ccc32)cc1. The fourth-order valence-corrected chi connectivity index (χ4v) is 4.49. The summed E-state index contributed by atoms with van der Waals surface area (Å²) in [6.45, 7) is 2.40. The van der Waals surface area contributed by atoms with Crippen LogP contribution in [0.2, 0.25) is 0 Å². The molecule has 0 aromatic heterocycles. The van der Waals surface area contributed by atoms with Crippen molar-refractivity contribution < 1.29 is 24.2 Å². The number of fused-ring (bicyclic) bond motifs is 2. The molecule has 32 heavy (non-hydrogen) atoms. The van der Waals surface area contributed by atoms with Crippen molar-refractivity contribution in [1.82, 2.24) is 0 Å². The molecule has 0 spiro atoms. The number of rotatable bonds is 5. The van der Waals surface area contributed by atoms with E-state index >= 15 is 0 Å². The first-order valence-corrected chi connectivity index (χ1v) is 11.0. The van der Waals surface area contributed by atoms with Crippen LogP contribution in [0.25, 0.3) is 0 Å². The summed E-state index contributed by atoms with van der Waals surface area (Å²) < 4.78 is 11.4. The van der Waals surface area contributed by atoms with Gasteiger partial charge in [-0.2, -0.15) is 0 Å². The number of carbonyl (C=O) groups is 2. The largest absolute Gasteiger partial charge is 0.454 e. The molecular weight excluding hydrogens is 474 g/mol. The number of hydrogen-bond acceptors (Lipinski definition) is 5. The lowest BCUT2D eigenvalue weighted by Gasteiger charge is -2.23. The molecule has 3 aromatic carbocycles. The van der Waals surface area contributed by atoms with Gasteiger partial charge >= 0.3 is 0 Å². The van der Waals surface area contributed by atoms with E-state index in [4.69, 9.17) is 9.47 Å². The van der Waals surface area contributed by atoms with Gasteiger partial charge in [0.2, 0.25) is 6.79 Å². The second kappa shape index (κ2) is 7.76. The molecule has 2 aliphatic rings. The Bertz CT molecular complexity index is 1240. The average molecular weight is 494 g/mol. The quantitative estimate of drug-likeness (QED) is 0.529. The topological polar surface area (TPSA) is 76.1 Å². The highest BCUT2D eigenvalue weighted by molar-refractivity contribution is 9.10. The summed E-state index contributed by atoms with van der Waals surface area (Å²) in [5.41, 5.74) is 1.46. The minimum atomic E-state index is -1.96. The number of benzene rings is 3. The molecule has 1 unspecified atom stereocenters. The number of ketones is 1. The molecule has 2 aliphatic heterocycles. The van der Waals surface area contributed by atoms with E-state index < -0.39 is 11.5 Å². The van der Waals surface area contributed by atoms with Gasteiger partial charge in [0.25, 0.3) is 5.91 Å². The molecule has 2 heterocycles. The minimum absolute atomic E-state index is 0.102. The Balaban J connectivity index is 1.48. The van der Waals surface area contributed by atoms with Crippen LogP contribution >= 0.6 is 15.9 Å². The van der Waals surface area contributed by atoms with Crippen LogP contribution in [0.3, 0.4) is 0 Å². The van der Waals surface area contributed by atoms with E-state index in [9.17, 15) is 14.7 Å². The standard InChI is InChI=1S/C25H20BrNO5/c1-15-2-4-16(5-3-15)13-27-20-8-7-18(26)11-19(20)25(30,24(27)29)12-21(28)17-6-9-22-23(10-17)32-14-31-22/h2-11,30H,12-14H2,1H3. The Morgan fingerprint density at radius 1 is 1.06 bits per heavy atom. The van der Waals surface area contributed by atoms with E-state index in [0.29, 0.717) is 34.9 Å². The molecule has 0 saturated carbocycles. The molecule has 0 fully saturated rings. The maximum absolute atomic E-state index is 13.5. The van der Waals surface area contributed by atoms with E-state index in [1.807, 2.05) is 37.3 Å². The van der Waals surface area contributed by atoms with Crippen LogP contribution in [0.15, 0.2) is 65.1 Å². The number of anilines is 1. The van der Waals surface area contributed by atoms with Crippen LogP contribution in [0.5, 0.6) is 11.5 Å². The summed E-state index contributed by atoms with van der Waals surface area (Å²) in [4.78, 5) is 28.1. The number of nitrogens with zero attached hydrogens (tertiary/aromatic N) is 1. The number of amides is 1. The fourth-order valence-electron chi connectivity index (χ4n) is 4.13. The van der Waals surface area contributed by atoms with Gasteiger partial charge in [0.15, 0.2) is 22.9 Å². The lowest BCUT2D eigenvalue weighted by molar-refractivity contribution is -0.136. The summed E-state index contributed by atoms with van der Waals surface area (Å²) in [6, 6.07) is 18.0. The van der Waals surface area contributed by atoms with Crippen molar-refractivity contribution in [2.24, 2.45) is 0 Å². The van der Waals surface area contributed by atoms with Crippen molar-refractivity contribution in [2.45, 2.75) is 25.5 Å². The highest BCUT2D eigenvalue weighted by Gasteiger charge is 2.51. The van der Waals surface area contributed by atoms with Gasteiger partial charge in [-0.15, -0.1) is 0 Å². The number of aliphatic hydroxyl groups is 1. The third-order valence-electron chi connectivity index (χ3n) is 5.87. The predicted octanol–water partition coefficient (Wildman–Crippen LogP) is 4.49. The number of ether oxygens (including phenoxy) is 2. The van der Waals surface area contributed by atoms with Crippen LogP contribution in [-0.2, 0) is 16.9 Å². The second-order valence-corrected chi connectivity index (χ2v) is 8.98. The summed E-state index contributed by atoms with van der Waals surface area (Å²) in [5.74, 6) is 0.169. The Labute approximate surface area is 193 Å². The van der Waals surface area contributed by atoms with E-state index in [2.05, 4.69) is 15.9 Å². The van der Waals surface area contributed by atoms with Crippen LogP contribution in [-0.4, -0.2) is 23.6 Å². The first-order chi connectivity index (χ1) is 15.3. The van der Waals surface area contributed by atoms with Crippen molar-refractivity contribution >= 4 is 33.3 Å². The molecule has 3 aromatic rings. The number of Topliss-reactive ketones (excluding diaryl/α,β-unsaturated/α-hetero) is 1. The Morgan fingerprint density at radius 3 is 2.59 bits per heavy atom. The zero-order valence-electron chi connectivity index (χ0n) is 17.3. The Morgan fingerprint density at radius 2 is 1.81 bits per heavy atom. The molecule has 1 amide bonds. The van der Waals surface area contributed by atoms with Crippen molar-refractivity contribution in [3.05, 3.63) is 87.4 Å². The molecule has 1 N–H and O–H groups in total. The average Bonchev–Trinajstić information content (AvgIpc) is 3.32. The lowest BCUT2D eigenvalue weighted by Crippen LogP contribution is -2.41. The third-order valence-corrected chi connectivity index (χ3v) is 6.36. The summed E-state index contributed by atoms with van der Waals surface area (Å²) in [5, 5.41) is 11.6. The first-order valence-electron chi connectivity index (χ1n) is 10.2. The van der Waals surface area contributed by atoms with E-state index in [1.54, 1.807) is 35.2 Å². The highest BCUT2D eigenvalue weighted by Crippen LogP contribution is 2.45. The molecule has 0 aliphatic carbocycles. The number of carbonyl (C=O) groups excluding carboxylic acids is 2.